The summed E-state index contributed by atoms with van der Waals surface area (Å²) in [6.07, 6.45) is 4.49. The first kappa shape index (κ1) is 47.0. The smallest absolute Gasteiger partial charge is 0.243 e. The number of hydrogen-bond acceptors (Lipinski definition) is 8. The lowest BCUT2D eigenvalue weighted by molar-refractivity contribution is -0.133. The van der Waals surface area contributed by atoms with Gasteiger partial charge < -0.3 is 31.9 Å². The molecular formula is C36H70N6O5S2. The summed E-state index contributed by atoms with van der Waals surface area (Å²) >= 11 is 0. The van der Waals surface area contributed by atoms with Crippen LogP contribution in [-0.4, -0.2) is 83.8 Å². The molecular weight excluding hydrogens is 661 g/mol. The number of nitrogens with one attached hydrogen (secondary N) is 6. The Hall–Kier alpha value is -1.99. The maximum Gasteiger partial charge on any atom is 0.243 e. The van der Waals surface area contributed by atoms with Crippen LogP contribution >= 0.6 is 21.6 Å². The summed E-state index contributed by atoms with van der Waals surface area (Å²) in [5, 5.41) is 18.3. The summed E-state index contributed by atoms with van der Waals surface area (Å²) in [4.78, 5) is 65.2. The van der Waals surface area contributed by atoms with Gasteiger partial charge >= 0.3 is 0 Å². The van der Waals surface area contributed by atoms with Crippen molar-refractivity contribution in [3.05, 3.63) is 0 Å². The fourth-order valence-electron chi connectivity index (χ4n) is 5.18. The van der Waals surface area contributed by atoms with Crippen LogP contribution in [0.4, 0.5) is 0 Å². The largest absolute Gasteiger partial charge is 0.351 e. The molecule has 5 amide bonds. The first-order valence-electron chi connectivity index (χ1n) is 18.6. The highest BCUT2D eigenvalue weighted by molar-refractivity contribution is 8.76. The van der Waals surface area contributed by atoms with Crippen molar-refractivity contribution in [2.75, 3.05) is 18.1 Å². The molecule has 286 valence electrons. The molecule has 0 saturated heterocycles. The van der Waals surface area contributed by atoms with Crippen molar-refractivity contribution in [1.29, 1.82) is 0 Å². The van der Waals surface area contributed by atoms with Crippen molar-refractivity contribution in [2.24, 2.45) is 23.7 Å². The second-order valence-corrected chi connectivity index (χ2v) is 16.1. The highest BCUT2D eigenvalue weighted by atomic mass is 33.1. The molecule has 10 atom stereocenters. The molecule has 0 radical (unpaired) electrons. The zero-order valence-electron chi connectivity index (χ0n) is 32.5. The van der Waals surface area contributed by atoms with E-state index >= 15 is 0 Å². The Morgan fingerprint density at radius 1 is 0.449 bits per heavy atom. The highest BCUT2D eigenvalue weighted by Gasteiger charge is 2.33. The van der Waals surface area contributed by atoms with E-state index < -0.39 is 18.1 Å². The molecule has 0 aromatic carbocycles. The summed E-state index contributed by atoms with van der Waals surface area (Å²) in [5.41, 5.74) is 0. The van der Waals surface area contributed by atoms with Crippen LogP contribution in [0.15, 0.2) is 0 Å². The van der Waals surface area contributed by atoms with E-state index in [-0.39, 0.29) is 71.3 Å². The van der Waals surface area contributed by atoms with Gasteiger partial charge in [-0.3, -0.25) is 24.0 Å². The van der Waals surface area contributed by atoms with Crippen molar-refractivity contribution in [1.82, 2.24) is 31.9 Å². The van der Waals surface area contributed by atoms with Crippen LogP contribution in [0.1, 0.15) is 122 Å². The summed E-state index contributed by atoms with van der Waals surface area (Å²) in [5.74, 6) is 0.120. The molecule has 0 spiro atoms. The van der Waals surface area contributed by atoms with Gasteiger partial charge in [-0.05, 0) is 43.1 Å². The Bertz CT molecular complexity index is 1000. The van der Waals surface area contributed by atoms with Gasteiger partial charge in [-0.15, -0.1) is 0 Å². The molecule has 0 aromatic rings. The third kappa shape index (κ3) is 17.2. The predicted octanol–water partition coefficient (Wildman–Crippen LogP) is 4.79. The number of rotatable bonds is 26. The summed E-state index contributed by atoms with van der Waals surface area (Å²) in [7, 11) is 3.29. The van der Waals surface area contributed by atoms with E-state index in [2.05, 4.69) is 38.8 Å². The second kappa shape index (κ2) is 25.9. The Morgan fingerprint density at radius 3 is 1.06 bits per heavy atom. The molecule has 0 aromatic heterocycles. The van der Waals surface area contributed by atoms with E-state index in [1.807, 2.05) is 69.2 Å². The lowest BCUT2D eigenvalue weighted by Gasteiger charge is -2.30. The Balaban J connectivity index is 5.33. The van der Waals surface area contributed by atoms with Crippen molar-refractivity contribution in [2.45, 2.75) is 158 Å². The topological polar surface area (TPSA) is 158 Å². The third-order valence-corrected chi connectivity index (χ3v) is 12.2. The molecule has 0 rings (SSSR count). The summed E-state index contributed by atoms with van der Waals surface area (Å²) in [6, 6.07) is -2.58. The summed E-state index contributed by atoms with van der Waals surface area (Å²) in [6.45, 7) is 24.0. The van der Waals surface area contributed by atoms with Crippen LogP contribution in [0.25, 0.3) is 0 Å². The number of carbonyl (C=O) groups is 5. The number of carbonyl (C=O) groups excluding carboxylic acids is 5. The molecule has 0 aliphatic rings. The van der Waals surface area contributed by atoms with Gasteiger partial charge in [0.2, 0.25) is 29.5 Å². The first-order valence-corrected chi connectivity index (χ1v) is 21.1. The van der Waals surface area contributed by atoms with E-state index in [9.17, 15) is 24.0 Å². The molecule has 0 bridgehead atoms. The standard InChI is InChI=1S/C36H70N6O5S2/c1-13-22(8)29(37-19-7)33(44)41-31(24(10)15-3)34(45)39-27(17-5)20-48-49-21-28(18-6)40-35(46)32(25(11)16-4)42-36(47)30(23(9)14-2)38-26(12)43/h22-25,27-32,37H,13-21H2,1-12H3,(H,38,43)(H,39,45)(H,40,46)(H,41,44)(H,42,47). The SMILES string of the molecule is CCNC(C(=O)NC(C(=O)NC(CC)CSSCC(CC)NC(=O)C(NC(=O)C(NC(C)=O)C(C)CC)C(C)CC)C(C)CC)C(C)CC. The number of amides is 5. The molecule has 13 heteroatoms. The van der Waals surface area contributed by atoms with E-state index in [0.717, 1.165) is 25.7 Å². The lowest BCUT2D eigenvalue weighted by Crippen LogP contribution is -2.58. The van der Waals surface area contributed by atoms with E-state index in [0.29, 0.717) is 30.9 Å². The number of likely N-dealkylation sites (N-methyl/N-ethyl adjacent to an activating group) is 1. The van der Waals surface area contributed by atoms with Gasteiger partial charge in [0.1, 0.15) is 18.1 Å². The van der Waals surface area contributed by atoms with Crippen molar-refractivity contribution >= 4 is 51.1 Å². The molecule has 0 aliphatic heterocycles. The molecule has 0 heterocycles. The Kier molecular flexibility index (Phi) is 24.8. The van der Waals surface area contributed by atoms with E-state index in [1.54, 1.807) is 21.6 Å². The first-order chi connectivity index (χ1) is 23.1. The van der Waals surface area contributed by atoms with Gasteiger partial charge in [0.15, 0.2) is 0 Å². The average molecular weight is 731 g/mol. The van der Waals surface area contributed by atoms with Gasteiger partial charge in [0.25, 0.3) is 0 Å². The maximum atomic E-state index is 13.5. The zero-order chi connectivity index (χ0) is 37.7. The average Bonchev–Trinajstić information content (AvgIpc) is 3.09. The minimum atomic E-state index is -0.721. The molecule has 0 fully saturated rings. The lowest BCUT2D eigenvalue weighted by atomic mass is 9.94. The van der Waals surface area contributed by atoms with Crippen LogP contribution in [0, 0.1) is 23.7 Å². The van der Waals surface area contributed by atoms with E-state index in [4.69, 9.17) is 0 Å². The third-order valence-electron chi connectivity index (χ3n) is 9.66. The maximum absolute atomic E-state index is 13.5. The molecule has 49 heavy (non-hydrogen) atoms. The van der Waals surface area contributed by atoms with Crippen molar-refractivity contribution in [3.63, 3.8) is 0 Å². The van der Waals surface area contributed by atoms with Crippen LogP contribution < -0.4 is 31.9 Å². The van der Waals surface area contributed by atoms with Crippen molar-refractivity contribution in [3.8, 4) is 0 Å². The summed E-state index contributed by atoms with van der Waals surface area (Å²) < 4.78 is 0. The van der Waals surface area contributed by atoms with Gasteiger partial charge in [-0.1, -0.05) is 123 Å². The van der Waals surface area contributed by atoms with Crippen LogP contribution in [0.3, 0.4) is 0 Å². The van der Waals surface area contributed by atoms with Crippen LogP contribution in [-0.2, 0) is 24.0 Å². The zero-order valence-corrected chi connectivity index (χ0v) is 34.1. The predicted molar refractivity (Wildman–Crippen MR) is 206 cm³/mol. The van der Waals surface area contributed by atoms with Crippen LogP contribution in [0.2, 0.25) is 0 Å². The van der Waals surface area contributed by atoms with Crippen LogP contribution in [0.5, 0.6) is 0 Å². The minimum Gasteiger partial charge on any atom is -0.351 e. The van der Waals surface area contributed by atoms with Crippen molar-refractivity contribution < 1.29 is 24.0 Å². The van der Waals surface area contributed by atoms with E-state index in [1.165, 1.54) is 6.92 Å². The quantitative estimate of drug-likeness (QED) is 0.0548. The molecule has 0 aliphatic carbocycles. The highest BCUT2D eigenvalue weighted by Crippen LogP contribution is 2.25. The monoisotopic (exact) mass is 730 g/mol. The van der Waals surface area contributed by atoms with Gasteiger partial charge in [0, 0.05) is 30.5 Å². The molecule has 0 saturated carbocycles. The molecule has 6 N–H and O–H groups in total. The van der Waals surface area contributed by atoms with Gasteiger partial charge in [-0.2, -0.15) is 0 Å². The Labute approximate surface area is 305 Å². The minimum absolute atomic E-state index is 0.0213. The molecule has 11 nitrogen and oxygen atoms in total. The Morgan fingerprint density at radius 2 is 0.755 bits per heavy atom. The normalized spacial score (nSPS) is 17.6. The second-order valence-electron chi connectivity index (χ2n) is 13.5. The van der Waals surface area contributed by atoms with Gasteiger partial charge in [-0.25, -0.2) is 0 Å². The fraction of sp³-hybridized carbons (Fsp3) is 0.861. The molecule has 10 unspecified atom stereocenters. The fourth-order valence-corrected chi connectivity index (χ4v) is 7.91. The number of hydrogen-bond donors (Lipinski definition) is 6. The van der Waals surface area contributed by atoms with Gasteiger partial charge in [0.05, 0.1) is 6.04 Å².